The van der Waals surface area contributed by atoms with Crippen LogP contribution in [-0.2, 0) is 0 Å². The van der Waals surface area contributed by atoms with Crippen LogP contribution >= 0.6 is 23.7 Å². The first-order valence-corrected chi connectivity index (χ1v) is 3.80. The van der Waals surface area contributed by atoms with Gasteiger partial charge in [-0.3, -0.25) is 0 Å². The van der Waals surface area contributed by atoms with Gasteiger partial charge in [-0.2, -0.15) is 17.6 Å². The highest BCUT2D eigenvalue weighted by Gasteiger charge is 2.38. The van der Waals surface area contributed by atoms with E-state index < -0.39 is 17.3 Å². The molecule has 0 aliphatic heterocycles. The molecule has 7 heteroatoms. The molecule has 0 bridgehead atoms. The molecule has 1 nitrogen and oxygen atoms in total. The standard InChI is InChI=1S/C6H5F4NS.ClH/c7-4-2-1-3(12-4)5(11)6(8,9)10;/h1-2,5H,11H2;1H. The summed E-state index contributed by atoms with van der Waals surface area (Å²) >= 11 is 0.411. The Morgan fingerprint density at radius 1 is 1.31 bits per heavy atom. The van der Waals surface area contributed by atoms with Crippen LogP contribution < -0.4 is 5.73 Å². The van der Waals surface area contributed by atoms with E-state index in [1.54, 1.807) is 0 Å². The summed E-state index contributed by atoms with van der Waals surface area (Å²) in [5.74, 6) is 0. The van der Waals surface area contributed by atoms with Crippen molar-refractivity contribution in [1.29, 1.82) is 0 Å². The van der Waals surface area contributed by atoms with Gasteiger partial charge in [-0.1, -0.05) is 0 Å². The van der Waals surface area contributed by atoms with Gasteiger partial charge >= 0.3 is 6.18 Å². The molecule has 1 atom stereocenters. The average Bonchev–Trinajstić information content (AvgIpc) is 2.32. The molecule has 0 aromatic carbocycles. The lowest BCUT2D eigenvalue weighted by molar-refractivity contribution is -0.148. The van der Waals surface area contributed by atoms with Gasteiger partial charge in [0.05, 0.1) is 0 Å². The van der Waals surface area contributed by atoms with Crippen molar-refractivity contribution in [3.63, 3.8) is 0 Å². The minimum atomic E-state index is -4.50. The van der Waals surface area contributed by atoms with E-state index in [-0.39, 0.29) is 17.3 Å². The fourth-order valence-corrected chi connectivity index (χ4v) is 1.41. The molecule has 0 spiro atoms. The summed E-state index contributed by atoms with van der Waals surface area (Å²) in [5.41, 5.74) is 4.80. The number of nitrogens with two attached hydrogens (primary N) is 1. The predicted octanol–water partition coefficient (Wildman–Crippen LogP) is 2.87. The second kappa shape index (κ2) is 4.26. The van der Waals surface area contributed by atoms with Gasteiger partial charge in [0, 0.05) is 4.88 Å². The van der Waals surface area contributed by atoms with Gasteiger partial charge in [0.1, 0.15) is 6.04 Å². The molecule has 13 heavy (non-hydrogen) atoms. The van der Waals surface area contributed by atoms with Crippen LogP contribution in [0.1, 0.15) is 10.9 Å². The number of halogens is 5. The van der Waals surface area contributed by atoms with Gasteiger partial charge in [0.25, 0.3) is 0 Å². The Balaban J connectivity index is 0.00000144. The lowest BCUT2D eigenvalue weighted by Gasteiger charge is -2.12. The fourth-order valence-electron chi connectivity index (χ4n) is 0.657. The summed E-state index contributed by atoms with van der Waals surface area (Å²) in [6, 6.07) is -0.0731. The zero-order valence-electron chi connectivity index (χ0n) is 6.14. The molecule has 1 unspecified atom stereocenters. The van der Waals surface area contributed by atoms with Crippen LogP contribution in [0.2, 0.25) is 0 Å². The first-order valence-electron chi connectivity index (χ1n) is 2.99. The van der Waals surface area contributed by atoms with Crippen molar-refractivity contribution in [2.75, 3.05) is 0 Å². The number of alkyl halides is 3. The van der Waals surface area contributed by atoms with Gasteiger partial charge in [-0.15, -0.1) is 23.7 Å². The second-order valence-corrected chi connectivity index (χ2v) is 3.23. The second-order valence-electron chi connectivity index (χ2n) is 2.16. The third kappa shape index (κ3) is 3.13. The van der Waals surface area contributed by atoms with E-state index in [2.05, 4.69) is 0 Å². The Bertz CT molecular complexity index is 272. The van der Waals surface area contributed by atoms with Crippen LogP contribution in [0, 0.1) is 5.13 Å². The summed E-state index contributed by atoms with van der Waals surface area (Å²) in [6.45, 7) is 0. The average molecular weight is 236 g/mol. The molecule has 0 amide bonds. The molecule has 0 fully saturated rings. The molecule has 1 aromatic heterocycles. The Labute approximate surface area is 82.0 Å². The van der Waals surface area contributed by atoms with Crippen molar-refractivity contribution in [1.82, 2.24) is 0 Å². The maximum atomic E-state index is 12.3. The smallest absolute Gasteiger partial charge is 0.316 e. The third-order valence-electron chi connectivity index (χ3n) is 1.25. The molecule has 2 N–H and O–H groups in total. The summed E-state index contributed by atoms with van der Waals surface area (Å²) in [4.78, 5) is -0.208. The van der Waals surface area contributed by atoms with Crippen LogP contribution in [0.15, 0.2) is 12.1 Å². The van der Waals surface area contributed by atoms with Crippen LogP contribution in [0.5, 0.6) is 0 Å². The van der Waals surface area contributed by atoms with Crippen molar-refractivity contribution in [3.05, 3.63) is 22.1 Å². The summed E-state index contributed by atoms with van der Waals surface area (Å²) in [7, 11) is 0. The monoisotopic (exact) mass is 235 g/mol. The molecule has 0 aliphatic rings. The van der Waals surface area contributed by atoms with E-state index in [9.17, 15) is 17.6 Å². The lowest BCUT2D eigenvalue weighted by Crippen LogP contribution is -2.27. The van der Waals surface area contributed by atoms with Crippen molar-refractivity contribution < 1.29 is 17.6 Å². The predicted molar refractivity (Wildman–Crippen MR) is 44.5 cm³/mol. The number of thiophene rings is 1. The fraction of sp³-hybridized carbons (Fsp3) is 0.333. The van der Waals surface area contributed by atoms with Gasteiger partial charge in [-0.25, -0.2) is 0 Å². The number of hydrogen-bond donors (Lipinski definition) is 1. The number of rotatable bonds is 1. The maximum Gasteiger partial charge on any atom is 0.408 e. The molecule has 0 saturated heterocycles. The van der Waals surface area contributed by atoms with Gasteiger partial charge in [0.15, 0.2) is 5.13 Å². The van der Waals surface area contributed by atoms with Crippen molar-refractivity contribution >= 4 is 23.7 Å². The van der Waals surface area contributed by atoms with Crippen LogP contribution in [0.25, 0.3) is 0 Å². The molecular formula is C6H6ClF4NS. The van der Waals surface area contributed by atoms with Crippen molar-refractivity contribution in [2.45, 2.75) is 12.2 Å². The summed E-state index contributed by atoms with van der Waals surface area (Å²) in [6.07, 6.45) is -4.50. The van der Waals surface area contributed by atoms with Crippen LogP contribution in [0.3, 0.4) is 0 Å². The Morgan fingerprint density at radius 3 is 2.15 bits per heavy atom. The van der Waals surface area contributed by atoms with Gasteiger partial charge < -0.3 is 5.73 Å². The van der Waals surface area contributed by atoms with E-state index in [4.69, 9.17) is 5.73 Å². The normalized spacial score (nSPS) is 13.6. The summed E-state index contributed by atoms with van der Waals surface area (Å²) < 4.78 is 48.0. The highest BCUT2D eigenvalue weighted by molar-refractivity contribution is 7.10. The van der Waals surface area contributed by atoms with E-state index in [0.29, 0.717) is 11.3 Å². The van der Waals surface area contributed by atoms with E-state index in [1.807, 2.05) is 0 Å². The summed E-state index contributed by atoms with van der Waals surface area (Å²) in [5, 5.41) is -0.662. The first kappa shape index (κ1) is 12.7. The SMILES string of the molecule is Cl.NC(c1ccc(F)s1)C(F)(F)F. The first-order chi connectivity index (χ1) is 5.41. The Morgan fingerprint density at radius 2 is 1.85 bits per heavy atom. The molecule has 1 heterocycles. The largest absolute Gasteiger partial charge is 0.408 e. The minimum absolute atomic E-state index is 0. The van der Waals surface area contributed by atoms with Crippen molar-refractivity contribution in [3.8, 4) is 0 Å². The minimum Gasteiger partial charge on any atom is -0.316 e. The molecule has 0 aliphatic carbocycles. The van der Waals surface area contributed by atoms with Crippen LogP contribution in [0.4, 0.5) is 17.6 Å². The van der Waals surface area contributed by atoms with Gasteiger partial charge in [-0.05, 0) is 12.1 Å². The Hall–Kier alpha value is -0.330. The molecule has 1 aromatic rings. The molecule has 1 rings (SSSR count). The highest BCUT2D eigenvalue weighted by Crippen LogP contribution is 2.33. The molecule has 0 radical (unpaired) electrons. The van der Waals surface area contributed by atoms with Gasteiger partial charge in [0.2, 0.25) is 0 Å². The third-order valence-corrected chi connectivity index (χ3v) is 2.21. The zero-order chi connectivity index (χ0) is 9.35. The van der Waals surface area contributed by atoms with E-state index >= 15 is 0 Å². The quantitative estimate of drug-likeness (QED) is 0.745. The maximum absolute atomic E-state index is 12.3. The van der Waals surface area contributed by atoms with Crippen LogP contribution in [-0.4, -0.2) is 6.18 Å². The number of hydrogen-bond acceptors (Lipinski definition) is 2. The topological polar surface area (TPSA) is 26.0 Å². The van der Waals surface area contributed by atoms with E-state index in [0.717, 1.165) is 12.1 Å². The molecular weight excluding hydrogens is 230 g/mol. The van der Waals surface area contributed by atoms with E-state index in [1.165, 1.54) is 0 Å². The molecule has 76 valence electrons. The Kier molecular flexibility index (Phi) is 4.15. The highest BCUT2D eigenvalue weighted by atomic mass is 35.5. The lowest BCUT2D eigenvalue weighted by atomic mass is 10.2. The molecule has 0 saturated carbocycles. The zero-order valence-corrected chi connectivity index (χ0v) is 7.77. The van der Waals surface area contributed by atoms with Crippen molar-refractivity contribution in [2.24, 2.45) is 5.73 Å².